The number of carbonyl (C=O) groups is 1. The van der Waals surface area contributed by atoms with Crippen LogP contribution < -0.4 is 10.7 Å². The molecule has 124 valence electrons. The van der Waals surface area contributed by atoms with Gasteiger partial charge in [0, 0.05) is 18.9 Å². The topological polar surface area (TPSA) is 81.8 Å². The van der Waals surface area contributed by atoms with E-state index in [9.17, 15) is 9.59 Å². The average Bonchev–Trinajstić information content (AvgIpc) is 2.81. The van der Waals surface area contributed by atoms with Gasteiger partial charge in [-0.2, -0.15) is 10.2 Å². The lowest BCUT2D eigenvalue weighted by atomic mass is 10.2. The van der Waals surface area contributed by atoms with Crippen molar-refractivity contribution in [3.05, 3.63) is 52.1 Å². The molecule has 0 fully saturated rings. The summed E-state index contributed by atoms with van der Waals surface area (Å²) in [5, 5.41) is 11.9. The van der Waals surface area contributed by atoms with Crippen molar-refractivity contribution in [1.82, 2.24) is 19.6 Å². The number of aromatic nitrogens is 4. The summed E-state index contributed by atoms with van der Waals surface area (Å²) < 4.78 is 3.42. The highest BCUT2D eigenvalue weighted by molar-refractivity contribution is 5.92. The van der Waals surface area contributed by atoms with Crippen LogP contribution in [0.1, 0.15) is 17.8 Å². The lowest BCUT2D eigenvalue weighted by Crippen LogP contribution is -2.18. The monoisotopic (exact) mass is 325 g/mol. The maximum Gasteiger partial charge on any atom is 0.226 e. The van der Waals surface area contributed by atoms with Gasteiger partial charge in [-0.15, -0.1) is 0 Å². The predicted octanol–water partition coefficient (Wildman–Crippen LogP) is 1.78. The zero-order valence-corrected chi connectivity index (χ0v) is 13.9. The predicted molar refractivity (Wildman–Crippen MR) is 91.9 cm³/mol. The van der Waals surface area contributed by atoms with Crippen LogP contribution in [0.2, 0.25) is 0 Å². The molecule has 1 N–H and O–H groups in total. The Labute approximate surface area is 138 Å². The lowest BCUT2D eigenvalue weighted by Gasteiger charge is -2.09. The molecule has 2 aromatic heterocycles. The van der Waals surface area contributed by atoms with Gasteiger partial charge < -0.3 is 5.32 Å². The first-order valence-electron chi connectivity index (χ1n) is 7.72. The molecule has 24 heavy (non-hydrogen) atoms. The molecule has 0 aliphatic rings. The van der Waals surface area contributed by atoms with E-state index in [4.69, 9.17) is 0 Å². The molecule has 0 saturated heterocycles. The third-order valence-electron chi connectivity index (χ3n) is 4.09. The molecule has 1 aromatic carbocycles. The molecular formula is C17H19N5O2. The second-order valence-corrected chi connectivity index (χ2v) is 5.72. The number of amides is 1. The summed E-state index contributed by atoms with van der Waals surface area (Å²) in [7, 11) is 1.84. The number of para-hydroxylation sites is 1. The van der Waals surface area contributed by atoms with Crippen molar-refractivity contribution in [3.8, 4) is 0 Å². The van der Waals surface area contributed by atoms with E-state index in [1.165, 1.54) is 6.20 Å². The molecule has 7 heteroatoms. The van der Waals surface area contributed by atoms with Gasteiger partial charge in [-0.05, 0) is 26.0 Å². The first kappa shape index (κ1) is 15.9. The minimum atomic E-state index is -0.118. The van der Waals surface area contributed by atoms with Crippen LogP contribution in [0.4, 0.5) is 5.69 Å². The van der Waals surface area contributed by atoms with E-state index >= 15 is 0 Å². The molecule has 1 amide bonds. The van der Waals surface area contributed by atoms with Crippen LogP contribution in [0.25, 0.3) is 10.9 Å². The molecule has 0 bridgehead atoms. The van der Waals surface area contributed by atoms with Gasteiger partial charge in [0.25, 0.3) is 0 Å². The molecular weight excluding hydrogens is 306 g/mol. The van der Waals surface area contributed by atoms with Gasteiger partial charge in [0.1, 0.15) is 0 Å². The molecule has 2 heterocycles. The van der Waals surface area contributed by atoms with Gasteiger partial charge in [0.15, 0.2) is 0 Å². The van der Waals surface area contributed by atoms with E-state index in [-0.39, 0.29) is 17.8 Å². The first-order chi connectivity index (χ1) is 11.5. The van der Waals surface area contributed by atoms with Gasteiger partial charge in [-0.1, -0.05) is 12.1 Å². The highest BCUT2D eigenvalue weighted by Crippen LogP contribution is 2.18. The van der Waals surface area contributed by atoms with E-state index in [1.807, 2.05) is 39.1 Å². The molecule has 3 rings (SSSR count). The number of hydrogen-bond donors (Lipinski definition) is 1. The molecule has 0 saturated carbocycles. The van der Waals surface area contributed by atoms with Crippen molar-refractivity contribution in [2.75, 3.05) is 5.32 Å². The van der Waals surface area contributed by atoms with Crippen molar-refractivity contribution in [2.45, 2.75) is 26.8 Å². The van der Waals surface area contributed by atoms with Crippen LogP contribution in [-0.2, 0) is 18.4 Å². The Balaban J connectivity index is 1.75. The van der Waals surface area contributed by atoms with E-state index in [0.29, 0.717) is 11.9 Å². The highest BCUT2D eigenvalue weighted by atomic mass is 16.1. The number of carbonyl (C=O) groups excluding carboxylic acids is 1. The number of fused-ring (bicyclic) bond motifs is 1. The highest BCUT2D eigenvalue weighted by Gasteiger charge is 2.13. The second-order valence-electron chi connectivity index (χ2n) is 5.72. The summed E-state index contributed by atoms with van der Waals surface area (Å²) in [6, 6.07) is 7.26. The third-order valence-corrected chi connectivity index (χ3v) is 4.09. The van der Waals surface area contributed by atoms with Gasteiger partial charge in [-0.3, -0.25) is 19.0 Å². The van der Waals surface area contributed by atoms with Crippen LogP contribution in [0.3, 0.4) is 0 Å². The minimum absolute atomic E-state index is 0.112. The third kappa shape index (κ3) is 2.92. The maximum absolute atomic E-state index is 12.3. The van der Waals surface area contributed by atoms with Crippen LogP contribution >= 0.6 is 0 Å². The maximum atomic E-state index is 12.3. The summed E-state index contributed by atoms with van der Waals surface area (Å²) in [6.45, 7) is 4.16. The van der Waals surface area contributed by atoms with Crippen molar-refractivity contribution >= 4 is 22.5 Å². The Kier molecular flexibility index (Phi) is 4.16. The molecule has 0 unspecified atom stereocenters. The zero-order valence-electron chi connectivity index (χ0n) is 13.9. The number of rotatable bonds is 4. The van der Waals surface area contributed by atoms with Crippen molar-refractivity contribution in [2.24, 2.45) is 7.05 Å². The van der Waals surface area contributed by atoms with E-state index in [0.717, 1.165) is 22.6 Å². The summed E-state index contributed by atoms with van der Waals surface area (Å²) in [6.07, 6.45) is 1.54. The van der Waals surface area contributed by atoms with Crippen LogP contribution in [-0.4, -0.2) is 25.5 Å². The van der Waals surface area contributed by atoms with Gasteiger partial charge in [0.2, 0.25) is 11.3 Å². The quantitative estimate of drug-likeness (QED) is 0.792. The van der Waals surface area contributed by atoms with E-state index in [1.54, 1.807) is 15.4 Å². The molecule has 7 nitrogen and oxygen atoms in total. The molecule has 0 aliphatic heterocycles. The largest absolute Gasteiger partial charge is 0.323 e. The molecule has 0 radical (unpaired) electrons. The Bertz CT molecular complexity index is 971. The van der Waals surface area contributed by atoms with Gasteiger partial charge >= 0.3 is 0 Å². The van der Waals surface area contributed by atoms with Crippen molar-refractivity contribution < 1.29 is 4.79 Å². The lowest BCUT2D eigenvalue weighted by molar-refractivity contribution is -0.116. The summed E-state index contributed by atoms with van der Waals surface area (Å²) in [5.41, 5.74) is 3.06. The summed E-state index contributed by atoms with van der Waals surface area (Å²) in [4.78, 5) is 24.1. The smallest absolute Gasteiger partial charge is 0.226 e. The first-order valence-corrected chi connectivity index (χ1v) is 7.72. The Morgan fingerprint density at radius 2 is 2.00 bits per heavy atom. The second kappa shape index (κ2) is 6.27. The fourth-order valence-corrected chi connectivity index (χ4v) is 2.70. The van der Waals surface area contributed by atoms with Crippen LogP contribution in [0, 0.1) is 13.8 Å². The molecule has 0 spiro atoms. The number of benzene rings is 1. The summed E-state index contributed by atoms with van der Waals surface area (Å²) in [5.74, 6) is -0.112. The number of aryl methyl sites for hydroxylation is 3. The van der Waals surface area contributed by atoms with Gasteiger partial charge in [0.05, 0.1) is 35.3 Å². The van der Waals surface area contributed by atoms with Crippen molar-refractivity contribution in [1.29, 1.82) is 0 Å². The average molecular weight is 325 g/mol. The minimum Gasteiger partial charge on any atom is -0.323 e. The van der Waals surface area contributed by atoms with Crippen LogP contribution in [0.15, 0.2) is 35.3 Å². The standard InChI is InChI=1S/C17H19N5O2/c1-11-17(12(2)21(3)20-11)19-16(24)8-9-22-14-7-5-4-6-13(14)15(23)10-18-22/h4-7,10H,8-9H2,1-3H3,(H,19,24). The molecule has 0 aliphatic carbocycles. The SMILES string of the molecule is Cc1nn(C)c(C)c1NC(=O)CCn1ncc(=O)c2ccccc21. The number of nitrogens with zero attached hydrogens (tertiary/aromatic N) is 4. The van der Waals surface area contributed by atoms with Crippen LogP contribution in [0.5, 0.6) is 0 Å². The molecule has 3 aromatic rings. The Hall–Kier alpha value is -2.96. The van der Waals surface area contributed by atoms with Gasteiger partial charge in [-0.25, -0.2) is 0 Å². The molecule has 0 atom stereocenters. The Morgan fingerprint density at radius 3 is 2.71 bits per heavy atom. The number of anilines is 1. The fraction of sp³-hybridized carbons (Fsp3) is 0.294. The van der Waals surface area contributed by atoms with Crippen molar-refractivity contribution in [3.63, 3.8) is 0 Å². The summed E-state index contributed by atoms with van der Waals surface area (Å²) >= 11 is 0. The fourth-order valence-electron chi connectivity index (χ4n) is 2.70. The Morgan fingerprint density at radius 1 is 1.25 bits per heavy atom. The normalized spacial score (nSPS) is 11.0. The zero-order chi connectivity index (χ0) is 17.3. The number of nitrogens with one attached hydrogen (secondary N) is 1. The van der Waals surface area contributed by atoms with E-state index in [2.05, 4.69) is 15.5 Å². The number of hydrogen-bond acceptors (Lipinski definition) is 4. The van der Waals surface area contributed by atoms with E-state index < -0.39 is 0 Å².